The summed E-state index contributed by atoms with van der Waals surface area (Å²) < 4.78 is 27.2. The van der Waals surface area contributed by atoms with Crippen molar-refractivity contribution in [3.63, 3.8) is 0 Å². The van der Waals surface area contributed by atoms with Gasteiger partial charge in [0.25, 0.3) is 10.0 Å². The van der Waals surface area contributed by atoms with Crippen LogP contribution in [0.15, 0.2) is 11.2 Å². The van der Waals surface area contributed by atoms with Gasteiger partial charge in [-0.3, -0.25) is 5.10 Å². The quantitative estimate of drug-likeness (QED) is 0.665. The van der Waals surface area contributed by atoms with Gasteiger partial charge in [0.2, 0.25) is 0 Å². The van der Waals surface area contributed by atoms with E-state index < -0.39 is 10.0 Å². The van der Waals surface area contributed by atoms with Gasteiger partial charge >= 0.3 is 0 Å². The average molecular weight is 286 g/mol. The highest BCUT2D eigenvalue weighted by atomic mass is 32.2. The number of nitrogens with zero attached hydrogens (tertiary/aromatic N) is 1. The van der Waals surface area contributed by atoms with E-state index in [1.54, 1.807) is 6.20 Å². The second-order valence-electron chi connectivity index (χ2n) is 5.18. The van der Waals surface area contributed by atoms with Gasteiger partial charge in [-0.2, -0.15) is 5.10 Å². The minimum Gasteiger partial charge on any atom is -0.313 e. The van der Waals surface area contributed by atoms with Gasteiger partial charge in [0.05, 0.1) is 6.20 Å². The molecule has 0 saturated heterocycles. The Morgan fingerprint density at radius 1 is 1.42 bits per heavy atom. The third kappa shape index (κ3) is 3.34. The van der Waals surface area contributed by atoms with Crippen LogP contribution >= 0.6 is 0 Å². The lowest BCUT2D eigenvalue weighted by Gasteiger charge is -2.13. The van der Waals surface area contributed by atoms with Gasteiger partial charge in [0, 0.05) is 18.7 Å². The Morgan fingerprint density at radius 3 is 2.74 bits per heavy atom. The molecular formula is C12H22N4O2S. The van der Waals surface area contributed by atoms with E-state index in [2.05, 4.69) is 27.2 Å². The standard InChI is InChI=1S/C12H22N4O2S/c1-3-12(5-6-12)9-15-19(17,18)11-10(7-13-4-2)8-14-16-11/h8,13,15H,3-7,9H2,1-2H3,(H,14,16). The maximum Gasteiger partial charge on any atom is 0.257 e. The molecule has 1 aliphatic carbocycles. The van der Waals surface area contributed by atoms with Crippen molar-refractivity contribution in [2.45, 2.75) is 44.7 Å². The molecule has 1 heterocycles. The first-order chi connectivity index (χ1) is 9.03. The van der Waals surface area contributed by atoms with Crippen molar-refractivity contribution in [3.8, 4) is 0 Å². The Hall–Kier alpha value is -0.920. The maximum absolute atomic E-state index is 12.3. The van der Waals surface area contributed by atoms with Gasteiger partial charge in [0.15, 0.2) is 5.03 Å². The van der Waals surface area contributed by atoms with Gasteiger partial charge in [-0.1, -0.05) is 13.8 Å². The molecule has 1 saturated carbocycles. The van der Waals surface area contributed by atoms with E-state index in [-0.39, 0.29) is 10.4 Å². The summed E-state index contributed by atoms with van der Waals surface area (Å²) in [6.45, 7) is 5.89. The highest BCUT2D eigenvalue weighted by Crippen LogP contribution is 2.48. The predicted molar refractivity (Wildman–Crippen MR) is 73.1 cm³/mol. The molecule has 0 bridgehead atoms. The molecule has 2 rings (SSSR count). The molecular weight excluding hydrogens is 264 g/mol. The van der Waals surface area contributed by atoms with E-state index in [9.17, 15) is 8.42 Å². The molecule has 108 valence electrons. The SMILES string of the molecule is CCNCc1cn[nH]c1S(=O)(=O)NCC1(CC)CC1. The van der Waals surface area contributed by atoms with Crippen LogP contribution in [0.1, 0.15) is 38.7 Å². The Bertz CT molecular complexity index is 520. The Labute approximate surface area is 114 Å². The highest BCUT2D eigenvalue weighted by molar-refractivity contribution is 7.89. The van der Waals surface area contributed by atoms with Crippen molar-refractivity contribution >= 4 is 10.0 Å². The average Bonchev–Trinajstić information content (AvgIpc) is 3.03. The van der Waals surface area contributed by atoms with Crippen LogP contribution in [0, 0.1) is 5.41 Å². The molecule has 1 aromatic rings. The molecule has 0 amide bonds. The van der Waals surface area contributed by atoms with Crippen molar-refractivity contribution in [3.05, 3.63) is 11.8 Å². The van der Waals surface area contributed by atoms with Crippen molar-refractivity contribution in [2.75, 3.05) is 13.1 Å². The van der Waals surface area contributed by atoms with Crippen LogP contribution < -0.4 is 10.0 Å². The number of hydrogen-bond donors (Lipinski definition) is 3. The van der Waals surface area contributed by atoms with Crippen LogP contribution in [0.25, 0.3) is 0 Å². The summed E-state index contributed by atoms with van der Waals surface area (Å²) in [4.78, 5) is 0. The fourth-order valence-electron chi connectivity index (χ4n) is 2.07. The predicted octanol–water partition coefficient (Wildman–Crippen LogP) is 0.988. The molecule has 1 aromatic heterocycles. The number of aromatic nitrogens is 2. The molecule has 1 fully saturated rings. The number of hydrogen-bond acceptors (Lipinski definition) is 4. The second kappa shape index (κ2) is 5.60. The first-order valence-electron chi connectivity index (χ1n) is 6.75. The summed E-state index contributed by atoms with van der Waals surface area (Å²) in [5, 5.41) is 9.71. The molecule has 1 aliphatic rings. The maximum atomic E-state index is 12.3. The van der Waals surface area contributed by atoms with Crippen LogP contribution in [-0.2, 0) is 16.6 Å². The summed E-state index contributed by atoms with van der Waals surface area (Å²) in [5.74, 6) is 0. The van der Waals surface area contributed by atoms with Gasteiger partial charge in [0.1, 0.15) is 0 Å². The van der Waals surface area contributed by atoms with E-state index in [4.69, 9.17) is 0 Å². The van der Waals surface area contributed by atoms with Gasteiger partial charge in [-0.05, 0) is 31.2 Å². The third-order valence-electron chi connectivity index (χ3n) is 3.86. The minimum atomic E-state index is -3.49. The molecule has 0 spiro atoms. The van der Waals surface area contributed by atoms with Crippen LogP contribution in [0.5, 0.6) is 0 Å². The molecule has 19 heavy (non-hydrogen) atoms. The Balaban J connectivity index is 2.04. The molecule has 0 atom stereocenters. The van der Waals surface area contributed by atoms with Crippen LogP contribution in [0.3, 0.4) is 0 Å². The summed E-state index contributed by atoms with van der Waals surface area (Å²) in [6.07, 6.45) is 4.80. The normalized spacial score (nSPS) is 17.6. The minimum absolute atomic E-state index is 0.181. The molecule has 0 aromatic carbocycles. The number of sulfonamides is 1. The molecule has 3 N–H and O–H groups in total. The fourth-order valence-corrected chi connectivity index (χ4v) is 3.35. The zero-order valence-electron chi connectivity index (χ0n) is 11.5. The molecule has 0 radical (unpaired) electrons. The van der Waals surface area contributed by atoms with Crippen molar-refractivity contribution < 1.29 is 8.42 Å². The van der Waals surface area contributed by atoms with E-state index in [1.165, 1.54) is 0 Å². The zero-order valence-corrected chi connectivity index (χ0v) is 12.3. The number of nitrogens with one attached hydrogen (secondary N) is 3. The third-order valence-corrected chi connectivity index (χ3v) is 5.27. The first-order valence-corrected chi connectivity index (χ1v) is 8.24. The summed E-state index contributed by atoms with van der Waals surface area (Å²) in [5.41, 5.74) is 0.866. The van der Waals surface area contributed by atoms with E-state index in [0.717, 1.165) is 25.8 Å². The van der Waals surface area contributed by atoms with E-state index in [0.29, 0.717) is 18.7 Å². The van der Waals surface area contributed by atoms with Gasteiger partial charge in [-0.15, -0.1) is 0 Å². The van der Waals surface area contributed by atoms with E-state index >= 15 is 0 Å². The second-order valence-corrected chi connectivity index (χ2v) is 6.89. The van der Waals surface area contributed by atoms with Crippen molar-refractivity contribution in [1.29, 1.82) is 0 Å². The lowest BCUT2D eigenvalue weighted by atomic mass is 10.1. The lowest BCUT2D eigenvalue weighted by Crippen LogP contribution is -2.31. The fraction of sp³-hybridized carbons (Fsp3) is 0.750. The van der Waals surface area contributed by atoms with Crippen molar-refractivity contribution in [1.82, 2.24) is 20.2 Å². The zero-order chi connectivity index (χ0) is 13.9. The first kappa shape index (κ1) is 14.5. The Kier molecular flexibility index (Phi) is 4.27. The Morgan fingerprint density at radius 2 is 2.16 bits per heavy atom. The van der Waals surface area contributed by atoms with Gasteiger partial charge < -0.3 is 5.32 Å². The molecule has 7 heteroatoms. The molecule has 0 aliphatic heterocycles. The number of rotatable bonds is 8. The van der Waals surface area contributed by atoms with Crippen LogP contribution in [-0.4, -0.2) is 31.7 Å². The smallest absolute Gasteiger partial charge is 0.257 e. The van der Waals surface area contributed by atoms with Crippen LogP contribution in [0.4, 0.5) is 0 Å². The summed E-state index contributed by atoms with van der Waals surface area (Å²) in [7, 11) is -3.49. The van der Waals surface area contributed by atoms with Gasteiger partial charge in [-0.25, -0.2) is 13.1 Å². The molecule has 0 unspecified atom stereocenters. The van der Waals surface area contributed by atoms with Crippen molar-refractivity contribution in [2.24, 2.45) is 5.41 Å². The topological polar surface area (TPSA) is 86.9 Å². The largest absolute Gasteiger partial charge is 0.313 e. The summed E-state index contributed by atoms with van der Waals surface area (Å²) >= 11 is 0. The van der Waals surface area contributed by atoms with Crippen LogP contribution in [0.2, 0.25) is 0 Å². The lowest BCUT2D eigenvalue weighted by molar-refractivity contribution is 0.474. The van der Waals surface area contributed by atoms with E-state index in [1.807, 2.05) is 6.92 Å². The number of H-pyrrole nitrogens is 1. The highest BCUT2D eigenvalue weighted by Gasteiger charge is 2.41. The monoisotopic (exact) mass is 286 g/mol. The summed E-state index contributed by atoms with van der Waals surface area (Å²) in [6, 6.07) is 0. The molecule has 6 nitrogen and oxygen atoms in total. The number of aromatic amines is 1.